The van der Waals surface area contributed by atoms with E-state index in [0.29, 0.717) is 35.1 Å². The number of hydrogen-bond acceptors (Lipinski definition) is 4. The third-order valence-electron chi connectivity index (χ3n) is 5.38. The monoisotopic (exact) mass is 378 g/mol. The van der Waals surface area contributed by atoms with Crippen molar-refractivity contribution in [1.82, 2.24) is 0 Å². The van der Waals surface area contributed by atoms with Gasteiger partial charge in [-0.1, -0.05) is 35.4 Å². The van der Waals surface area contributed by atoms with Crippen LogP contribution in [0.5, 0.6) is 0 Å². The van der Waals surface area contributed by atoms with Gasteiger partial charge in [-0.05, 0) is 36.3 Å². The summed E-state index contributed by atoms with van der Waals surface area (Å²) in [5.74, 6) is -1.28. The van der Waals surface area contributed by atoms with E-state index in [4.69, 9.17) is 0 Å². The summed E-state index contributed by atoms with van der Waals surface area (Å²) in [6, 6.07) is 3.67. The summed E-state index contributed by atoms with van der Waals surface area (Å²) in [7, 11) is 0.0981. The summed E-state index contributed by atoms with van der Waals surface area (Å²) < 4.78 is 11.6. The zero-order chi connectivity index (χ0) is 18.4. The van der Waals surface area contributed by atoms with Crippen molar-refractivity contribution < 1.29 is 18.6 Å². The summed E-state index contributed by atoms with van der Waals surface area (Å²) >= 11 is 0. The van der Waals surface area contributed by atoms with E-state index < -0.39 is 21.2 Å². The number of fused-ring (bicyclic) bond motifs is 1. The van der Waals surface area contributed by atoms with Crippen LogP contribution < -0.4 is 0 Å². The summed E-state index contributed by atoms with van der Waals surface area (Å²) in [5, 5.41) is 0. The Labute approximate surface area is 153 Å². The zero-order valence-electron chi connectivity index (χ0n) is 14.7. The minimum Gasteiger partial charge on any atom is -0.298 e. The second kappa shape index (κ2) is 6.72. The standard InChI is InChI=1S/C19H22O4S2/c1-11-12(17(22)16-14(20)5-4-6-15(16)21)7-8-13-18(11)25(24-23)10-9-19(13,2)3/h7-8,16H,4-6,9-10H2,1-3H3. The third kappa shape index (κ3) is 3.10. The van der Waals surface area contributed by atoms with Crippen LogP contribution in [-0.2, 0) is 34.7 Å². The van der Waals surface area contributed by atoms with Gasteiger partial charge in [-0.15, -0.1) is 0 Å². The van der Waals surface area contributed by atoms with E-state index >= 15 is 0 Å². The van der Waals surface area contributed by atoms with Gasteiger partial charge < -0.3 is 0 Å². The van der Waals surface area contributed by atoms with Crippen LogP contribution in [0.4, 0.5) is 0 Å². The van der Waals surface area contributed by atoms with Crippen LogP contribution in [-0.4, -0.2) is 27.3 Å². The SMILES string of the molecule is Cc1c(C(=O)C2C(=O)CCCC2=O)ccc2c1S(=S=O)CCC2(C)C. The molecule has 0 bridgehead atoms. The van der Waals surface area contributed by atoms with Crippen molar-refractivity contribution in [3.05, 3.63) is 28.8 Å². The minimum absolute atomic E-state index is 0.0443. The molecule has 0 radical (unpaired) electrons. The molecular formula is C19H22O4S2. The van der Waals surface area contributed by atoms with Crippen LogP contribution in [0.1, 0.15) is 61.0 Å². The minimum atomic E-state index is -1.15. The second-order valence-electron chi connectivity index (χ2n) is 7.45. The molecule has 3 rings (SSSR count). The lowest BCUT2D eigenvalue weighted by Crippen LogP contribution is -2.36. The average molecular weight is 379 g/mol. The largest absolute Gasteiger partial charge is 0.298 e. The Balaban J connectivity index is 2.13. The predicted molar refractivity (Wildman–Crippen MR) is 99.1 cm³/mol. The molecule has 134 valence electrons. The maximum Gasteiger partial charge on any atom is 0.181 e. The van der Waals surface area contributed by atoms with E-state index in [1.807, 2.05) is 13.0 Å². The number of ketones is 3. The van der Waals surface area contributed by atoms with Crippen molar-refractivity contribution in [1.29, 1.82) is 0 Å². The van der Waals surface area contributed by atoms with E-state index in [-0.39, 0.29) is 17.0 Å². The van der Waals surface area contributed by atoms with E-state index in [1.165, 1.54) is 0 Å². The average Bonchev–Trinajstić information content (AvgIpc) is 2.55. The van der Waals surface area contributed by atoms with Crippen LogP contribution in [0, 0.1) is 12.8 Å². The van der Waals surface area contributed by atoms with Crippen LogP contribution in [0.25, 0.3) is 0 Å². The molecule has 2 aliphatic rings. The van der Waals surface area contributed by atoms with Gasteiger partial charge in [-0.25, -0.2) is 4.21 Å². The Hall–Kier alpha value is -1.40. The Morgan fingerprint density at radius 2 is 1.84 bits per heavy atom. The van der Waals surface area contributed by atoms with E-state index in [2.05, 4.69) is 13.8 Å². The molecule has 0 aromatic heterocycles. The molecule has 6 heteroatoms. The maximum absolute atomic E-state index is 13.0. The van der Waals surface area contributed by atoms with Gasteiger partial charge in [0.1, 0.15) is 16.1 Å². The molecule has 4 nitrogen and oxygen atoms in total. The first-order valence-corrected chi connectivity index (χ1v) is 11.2. The lowest BCUT2D eigenvalue weighted by molar-refractivity contribution is -0.133. The van der Waals surface area contributed by atoms with Crippen LogP contribution in [0.3, 0.4) is 0 Å². The van der Waals surface area contributed by atoms with Gasteiger partial charge in [0.2, 0.25) is 0 Å². The maximum atomic E-state index is 13.0. The fourth-order valence-corrected chi connectivity index (χ4v) is 7.17. The zero-order valence-corrected chi connectivity index (χ0v) is 16.4. The normalized spacial score (nSPS) is 23.2. The van der Waals surface area contributed by atoms with Crippen LogP contribution in [0.15, 0.2) is 17.0 Å². The van der Waals surface area contributed by atoms with Crippen LogP contribution in [0.2, 0.25) is 0 Å². The molecule has 1 unspecified atom stereocenters. The molecule has 1 fully saturated rings. The van der Waals surface area contributed by atoms with Gasteiger partial charge in [0.15, 0.2) is 17.3 Å². The van der Waals surface area contributed by atoms with Gasteiger partial charge in [-0.3, -0.25) is 14.4 Å². The Morgan fingerprint density at radius 1 is 1.20 bits per heavy atom. The number of benzene rings is 1. The van der Waals surface area contributed by atoms with Crippen molar-refractivity contribution >= 4 is 37.0 Å². The quantitative estimate of drug-likeness (QED) is 0.586. The molecular weight excluding hydrogens is 356 g/mol. The highest BCUT2D eigenvalue weighted by Gasteiger charge is 2.38. The highest BCUT2D eigenvalue weighted by atomic mass is 32.8. The van der Waals surface area contributed by atoms with Crippen molar-refractivity contribution in [2.45, 2.75) is 56.8 Å². The Bertz CT molecular complexity index is 831. The molecule has 1 atom stereocenters. The third-order valence-corrected chi connectivity index (χ3v) is 8.59. The van der Waals surface area contributed by atoms with Gasteiger partial charge >= 0.3 is 0 Å². The fraction of sp³-hybridized carbons (Fsp3) is 0.526. The predicted octanol–water partition coefficient (Wildman–Crippen LogP) is 2.90. The summed E-state index contributed by atoms with van der Waals surface area (Å²) in [6.45, 7) is 6.15. The van der Waals surface area contributed by atoms with Gasteiger partial charge in [0.05, 0.1) is 0 Å². The highest BCUT2D eigenvalue weighted by Crippen LogP contribution is 2.40. The smallest absolute Gasteiger partial charge is 0.181 e. The molecule has 1 heterocycles. The Kier molecular flexibility index (Phi) is 4.95. The molecule has 0 amide bonds. The highest BCUT2D eigenvalue weighted by molar-refractivity contribution is 8.31. The summed E-state index contributed by atoms with van der Waals surface area (Å²) in [4.78, 5) is 38.2. The van der Waals surface area contributed by atoms with E-state index in [1.54, 1.807) is 6.07 Å². The number of carbonyl (C=O) groups excluding carboxylic acids is 3. The first kappa shape index (κ1) is 18.4. The topological polar surface area (TPSA) is 68.3 Å². The molecule has 1 aromatic carbocycles. The van der Waals surface area contributed by atoms with Crippen molar-refractivity contribution in [2.24, 2.45) is 5.92 Å². The van der Waals surface area contributed by atoms with Crippen LogP contribution >= 0.6 is 0 Å². The second-order valence-corrected chi connectivity index (χ2v) is 10.7. The van der Waals surface area contributed by atoms with Gasteiger partial charge in [0.25, 0.3) is 0 Å². The van der Waals surface area contributed by atoms with Crippen molar-refractivity contribution in [2.75, 3.05) is 5.75 Å². The first-order valence-electron chi connectivity index (χ1n) is 8.53. The number of Topliss-reactive ketones (excluding diaryl/α,β-unsaturated/α-hetero) is 3. The molecule has 0 saturated heterocycles. The van der Waals surface area contributed by atoms with E-state index in [9.17, 15) is 18.6 Å². The molecule has 0 N–H and O–H groups in total. The molecule has 25 heavy (non-hydrogen) atoms. The first-order chi connectivity index (χ1) is 11.8. The fourth-order valence-electron chi connectivity index (χ4n) is 3.79. The van der Waals surface area contributed by atoms with Gasteiger partial charge in [-0.2, -0.15) is 0 Å². The number of carbonyl (C=O) groups is 3. The molecule has 1 saturated carbocycles. The Morgan fingerprint density at radius 3 is 2.44 bits per heavy atom. The lowest BCUT2D eigenvalue weighted by atomic mass is 9.78. The van der Waals surface area contributed by atoms with Crippen molar-refractivity contribution in [3.8, 4) is 0 Å². The van der Waals surface area contributed by atoms with E-state index in [0.717, 1.165) is 28.2 Å². The summed E-state index contributed by atoms with van der Waals surface area (Å²) in [6.07, 6.45) is 2.06. The summed E-state index contributed by atoms with van der Waals surface area (Å²) in [5.41, 5.74) is 2.27. The van der Waals surface area contributed by atoms with Crippen molar-refractivity contribution in [3.63, 3.8) is 0 Å². The van der Waals surface area contributed by atoms with Gasteiger partial charge in [0, 0.05) is 29.1 Å². The lowest BCUT2D eigenvalue weighted by Gasteiger charge is -2.34. The number of rotatable bonds is 2. The number of hydrogen-bond donors (Lipinski definition) is 0. The molecule has 1 aromatic rings. The molecule has 0 spiro atoms. The molecule has 1 aliphatic carbocycles. The molecule has 1 aliphatic heterocycles.